The molecule has 19 heavy (non-hydrogen) atoms. The molecule has 0 aliphatic rings. The second-order valence-electron chi connectivity index (χ2n) is 3.50. The van der Waals surface area contributed by atoms with E-state index in [-0.39, 0.29) is 32.9 Å². The van der Waals surface area contributed by atoms with Crippen molar-refractivity contribution >= 4 is 28.1 Å². The van der Waals surface area contributed by atoms with E-state index in [2.05, 4.69) is 9.72 Å². The highest BCUT2D eigenvalue weighted by atomic mass is 32.1. The number of anilines is 2. The minimum Gasteiger partial charge on any atom is -0.435 e. The Morgan fingerprint density at radius 2 is 1.89 bits per heavy atom. The van der Waals surface area contributed by atoms with Gasteiger partial charge in [0.2, 0.25) is 5.78 Å². The van der Waals surface area contributed by atoms with Crippen LogP contribution >= 0.6 is 11.3 Å². The van der Waals surface area contributed by atoms with E-state index in [1.54, 1.807) is 0 Å². The molecular weight excluding hydrogens is 276 g/mol. The van der Waals surface area contributed by atoms with Crippen molar-refractivity contribution in [2.75, 3.05) is 11.5 Å². The monoisotopic (exact) mass is 285 g/mol. The van der Waals surface area contributed by atoms with Gasteiger partial charge in [-0.05, 0) is 24.3 Å². The van der Waals surface area contributed by atoms with E-state index in [0.717, 1.165) is 11.3 Å². The molecule has 1 aromatic heterocycles. The van der Waals surface area contributed by atoms with Crippen LogP contribution in [0, 0.1) is 0 Å². The molecule has 8 heteroatoms. The molecule has 2 rings (SSSR count). The van der Waals surface area contributed by atoms with E-state index in [1.807, 2.05) is 0 Å². The first-order valence-electron chi connectivity index (χ1n) is 5.08. The SMILES string of the molecule is Nc1nc(N)c(C(=O)c2ccc(OC(F)F)cc2)s1. The third kappa shape index (κ3) is 2.97. The molecule has 0 radical (unpaired) electrons. The van der Waals surface area contributed by atoms with Gasteiger partial charge in [0.15, 0.2) is 5.13 Å². The molecule has 0 saturated carbocycles. The normalized spacial score (nSPS) is 10.7. The summed E-state index contributed by atoms with van der Waals surface area (Å²) in [5.41, 5.74) is 11.3. The fraction of sp³-hybridized carbons (Fsp3) is 0.0909. The van der Waals surface area contributed by atoms with E-state index in [9.17, 15) is 13.6 Å². The first kappa shape index (κ1) is 13.2. The van der Waals surface area contributed by atoms with Gasteiger partial charge in [-0.25, -0.2) is 4.98 Å². The maximum absolute atomic E-state index is 12.1. The van der Waals surface area contributed by atoms with E-state index < -0.39 is 6.61 Å². The predicted octanol–water partition coefficient (Wildman–Crippen LogP) is 2.14. The largest absolute Gasteiger partial charge is 0.435 e. The third-order valence-electron chi connectivity index (χ3n) is 2.22. The molecule has 1 aromatic carbocycles. The van der Waals surface area contributed by atoms with Crippen LogP contribution in [-0.4, -0.2) is 17.4 Å². The number of rotatable bonds is 4. The summed E-state index contributed by atoms with van der Waals surface area (Å²) in [5, 5.41) is 0.193. The van der Waals surface area contributed by atoms with E-state index in [4.69, 9.17) is 11.5 Å². The van der Waals surface area contributed by atoms with Gasteiger partial charge in [0, 0.05) is 5.56 Å². The summed E-state index contributed by atoms with van der Waals surface area (Å²) in [6.07, 6.45) is 0. The van der Waals surface area contributed by atoms with Crippen molar-refractivity contribution < 1.29 is 18.3 Å². The number of hydrogen-bond acceptors (Lipinski definition) is 6. The lowest BCUT2D eigenvalue weighted by Gasteiger charge is -2.04. The van der Waals surface area contributed by atoms with Gasteiger partial charge < -0.3 is 16.2 Å². The Morgan fingerprint density at radius 1 is 1.26 bits per heavy atom. The van der Waals surface area contributed by atoms with Crippen molar-refractivity contribution in [3.05, 3.63) is 34.7 Å². The maximum Gasteiger partial charge on any atom is 0.387 e. The van der Waals surface area contributed by atoms with Crippen molar-refractivity contribution in [2.24, 2.45) is 0 Å². The highest BCUT2D eigenvalue weighted by Gasteiger charge is 2.17. The van der Waals surface area contributed by atoms with Crippen LogP contribution in [0.15, 0.2) is 24.3 Å². The third-order valence-corrected chi connectivity index (χ3v) is 3.12. The number of nitrogens with zero attached hydrogens (tertiary/aromatic N) is 1. The van der Waals surface area contributed by atoms with Crippen LogP contribution in [0.25, 0.3) is 0 Å². The molecule has 0 saturated heterocycles. The molecule has 100 valence electrons. The number of aromatic nitrogens is 1. The number of carbonyl (C=O) groups is 1. The number of hydrogen-bond donors (Lipinski definition) is 2. The fourth-order valence-corrected chi connectivity index (χ4v) is 2.14. The zero-order valence-corrected chi connectivity index (χ0v) is 10.3. The standard InChI is InChI=1S/C11H9F2N3O2S/c12-10(13)18-6-3-1-5(2-4-6)7(17)8-9(14)16-11(15)19-8/h1-4,10H,14H2,(H2,15,16). The number of ketones is 1. The molecule has 0 unspecified atom stereocenters. The maximum atomic E-state index is 12.1. The number of benzene rings is 1. The summed E-state index contributed by atoms with van der Waals surface area (Å²) in [7, 11) is 0. The van der Waals surface area contributed by atoms with Gasteiger partial charge in [-0.2, -0.15) is 8.78 Å². The lowest BCUT2D eigenvalue weighted by atomic mass is 10.1. The number of nitrogens with two attached hydrogens (primary N) is 2. The van der Waals surface area contributed by atoms with Gasteiger partial charge in [0.1, 0.15) is 16.4 Å². The molecule has 0 aliphatic carbocycles. The van der Waals surface area contributed by atoms with Gasteiger partial charge >= 0.3 is 6.61 Å². The average Bonchev–Trinajstić information content (AvgIpc) is 2.68. The highest BCUT2D eigenvalue weighted by molar-refractivity contribution is 7.18. The Morgan fingerprint density at radius 3 is 2.37 bits per heavy atom. The molecule has 5 nitrogen and oxygen atoms in total. The molecule has 0 fully saturated rings. The lowest BCUT2D eigenvalue weighted by Crippen LogP contribution is -2.04. The van der Waals surface area contributed by atoms with Crippen LogP contribution in [0.4, 0.5) is 19.7 Å². The van der Waals surface area contributed by atoms with E-state index >= 15 is 0 Å². The first-order chi connectivity index (χ1) is 8.97. The molecule has 4 N–H and O–H groups in total. The quantitative estimate of drug-likeness (QED) is 0.840. The molecule has 0 atom stereocenters. The molecule has 0 aliphatic heterocycles. The van der Waals surface area contributed by atoms with Gasteiger partial charge in [-0.1, -0.05) is 11.3 Å². The van der Waals surface area contributed by atoms with Crippen molar-refractivity contribution in [2.45, 2.75) is 6.61 Å². The van der Waals surface area contributed by atoms with Gasteiger partial charge in [0.05, 0.1) is 0 Å². The summed E-state index contributed by atoms with van der Waals surface area (Å²) in [6, 6.07) is 5.30. The molecule has 2 aromatic rings. The summed E-state index contributed by atoms with van der Waals surface area (Å²) in [6.45, 7) is -2.90. The minimum atomic E-state index is -2.90. The summed E-state index contributed by atoms with van der Waals surface area (Å²) >= 11 is 0.973. The zero-order chi connectivity index (χ0) is 14.0. The molecule has 1 heterocycles. The Hall–Kier alpha value is -2.22. The molecule has 0 bridgehead atoms. The highest BCUT2D eigenvalue weighted by Crippen LogP contribution is 2.26. The summed E-state index contributed by atoms with van der Waals surface area (Å²) in [5.74, 6) is -0.334. The van der Waals surface area contributed by atoms with Crippen LogP contribution in [0.2, 0.25) is 0 Å². The van der Waals surface area contributed by atoms with Crippen LogP contribution in [-0.2, 0) is 0 Å². The van der Waals surface area contributed by atoms with Gasteiger partial charge in [-0.15, -0.1) is 0 Å². The lowest BCUT2D eigenvalue weighted by molar-refractivity contribution is -0.0498. The van der Waals surface area contributed by atoms with E-state index in [0.29, 0.717) is 0 Å². The van der Waals surface area contributed by atoms with Crippen LogP contribution < -0.4 is 16.2 Å². The Bertz CT molecular complexity index is 598. The number of halogens is 2. The van der Waals surface area contributed by atoms with Gasteiger partial charge in [-0.3, -0.25) is 4.79 Å². The predicted molar refractivity (Wildman–Crippen MR) is 67.4 cm³/mol. The van der Waals surface area contributed by atoms with Crippen LogP contribution in [0.5, 0.6) is 5.75 Å². The molecule has 0 spiro atoms. The molecule has 0 amide bonds. The zero-order valence-electron chi connectivity index (χ0n) is 9.47. The summed E-state index contributed by atoms with van der Waals surface area (Å²) < 4.78 is 28.1. The van der Waals surface area contributed by atoms with Crippen LogP contribution in [0.1, 0.15) is 15.2 Å². The average molecular weight is 285 g/mol. The second-order valence-corrected chi connectivity index (χ2v) is 4.53. The van der Waals surface area contributed by atoms with Crippen LogP contribution in [0.3, 0.4) is 0 Å². The number of carbonyl (C=O) groups excluding carboxylic acids is 1. The fourth-order valence-electron chi connectivity index (χ4n) is 1.43. The number of thiazole rings is 1. The van der Waals surface area contributed by atoms with Gasteiger partial charge in [0.25, 0.3) is 0 Å². The van der Waals surface area contributed by atoms with Crippen molar-refractivity contribution in [3.63, 3.8) is 0 Å². The number of nitrogen functional groups attached to an aromatic ring is 2. The van der Waals surface area contributed by atoms with Crippen molar-refractivity contribution in [1.29, 1.82) is 0 Å². The number of ether oxygens (including phenoxy) is 1. The van der Waals surface area contributed by atoms with Crippen molar-refractivity contribution in [1.82, 2.24) is 4.98 Å². The Kier molecular flexibility index (Phi) is 3.61. The number of alkyl halides is 2. The van der Waals surface area contributed by atoms with E-state index in [1.165, 1.54) is 24.3 Å². The smallest absolute Gasteiger partial charge is 0.387 e. The first-order valence-corrected chi connectivity index (χ1v) is 5.90. The summed E-state index contributed by atoms with van der Waals surface area (Å²) in [4.78, 5) is 16.0. The Balaban J connectivity index is 2.22. The second kappa shape index (κ2) is 5.19. The minimum absolute atomic E-state index is 0.0247. The topological polar surface area (TPSA) is 91.2 Å². The molecular formula is C11H9F2N3O2S. The Labute approximate surface area is 110 Å². The van der Waals surface area contributed by atoms with Crippen molar-refractivity contribution in [3.8, 4) is 5.75 Å².